The maximum absolute atomic E-state index is 5.32. The molecule has 70 heavy (non-hydrogen) atoms. The average molecular weight is 895 g/mol. The molecule has 16 rings (SSSR count). The monoisotopic (exact) mass is 894 g/mol. The zero-order chi connectivity index (χ0) is 45.9. The summed E-state index contributed by atoms with van der Waals surface area (Å²) in [5, 5.41) is 4.62. The first-order chi connectivity index (χ1) is 34.7. The van der Waals surface area contributed by atoms with Gasteiger partial charge in [0.25, 0.3) is 0 Å². The molecule has 0 spiro atoms. The Morgan fingerprint density at radius 1 is 0.243 bits per heavy atom. The van der Waals surface area contributed by atoms with E-state index in [4.69, 9.17) is 29.9 Å². The van der Waals surface area contributed by atoms with Gasteiger partial charge in [-0.15, -0.1) is 0 Å². The second-order valence-corrected chi connectivity index (χ2v) is 18.2. The molecule has 8 nitrogen and oxygen atoms in total. The van der Waals surface area contributed by atoms with Gasteiger partial charge in [0.2, 0.25) is 11.9 Å². The fourth-order valence-corrected chi connectivity index (χ4v) is 11.4. The summed E-state index contributed by atoms with van der Waals surface area (Å²) in [5.74, 6) is 3.67. The van der Waals surface area contributed by atoms with Crippen molar-refractivity contribution in [2.75, 3.05) is 0 Å². The summed E-state index contributed by atoms with van der Waals surface area (Å²) < 4.78 is 4.35. The van der Waals surface area contributed by atoms with E-state index in [1.165, 1.54) is 33.4 Å². The lowest BCUT2D eigenvalue weighted by atomic mass is 9.61. The summed E-state index contributed by atoms with van der Waals surface area (Å²) in [6.07, 6.45) is 0. The van der Waals surface area contributed by atoms with Gasteiger partial charge >= 0.3 is 0 Å². The van der Waals surface area contributed by atoms with Crippen LogP contribution in [-0.4, -0.2) is 39.0 Å². The Morgan fingerprint density at radius 3 is 0.914 bits per heavy atom. The van der Waals surface area contributed by atoms with E-state index >= 15 is 0 Å². The van der Waals surface area contributed by atoms with Gasteiger partial charge < -0.3 is 0 Å². The molecule has 326 valence electrons. The summed E-state index contributed by atoms with van der Waals surface area (Å²) >= 11 is 0. The molecule has 0 fully saturated rings. The first kappa shape index (κ1) is 38.7. The maximum Gasteiger partial charge on any atom is 0.238 e. The summed E-state index contributed by atoms with van der Waals surface area (Å²) in [5.41, 5.74) is 15.7. The Hall–Kier alpha value is -9.40. The third-order valence-electron chi connectivity index (χ3n) is 14.4. The third kappa shape index (κ3) is 5.77. The third-order valence-corrected chi connectivity index (χ3v) is 14.4. The molecule has 4 heterocycles. The maximum atomic E-state index is 5.32. The highest BCUT2D eigenvalue weighted by Crippen LogP contribution is 2.56. The number of fused-ring (bicyclic) bond motifs is 6. The minimum atomic E-state index is -0.00107. The molecule has 2 atom stereocenters. The number of hydrogen-bond donors (Lipinski definition) is 0. The molecule has 0 amide bonds. The highest BCUT2D eigenvalue weighted by Gasteiger charge is 2.41. The molecule has 2 unspecified atom stereocenters. The van der Waals surface area contributed by atoms with Crippen molar-refractivity contribution in [3.05, 3.63) is 252 Å². The minimum absolute atomic E-state index is 0.00107. The van der Waals surface area contributed by atoms with E-state index in [1.807, 2.05) is 36.4 Å². The summed E-state index contributed by atoms with van der Waals surface area (Å²) in [6, 6.07) is 76.9. The van der Waals surface area contributed by atoms with E-state index < -0.39 is 0 Å². The van der Waals surface area contributed by atoms with Crippen molar-refractivity contribution in [2.24, 2.45) is 0 Å². The van der Waals surface area contributed by atoms with Crippen LogP contribution in [-0.2, 0) is 0 Å². The van der Waals surface area contributed by atoms with Crippen molar-refractivity contribution in [3.63, 3.8) is 0 Å². The Balaban J connectivity index is 0.891. The lowest BCUT2D eigenvalue weighted by Crippen LogP contribution is -2.27. The van der Waals surface area contributed by atoms with Crippen LogP contribution < -0.4 is 0 Å². The van der Waals surface area contributed by atoms with Crippen LogP contribution in [0.25, 0.3) is 101 Å². The van der Waals surface area contributed by atoms with Gasteiger partial charge in [0, 0.05) is 55.6 Å². The summed E-state index contributed by atoms with van der Waals surface area (Å²) in [6.45, 7) is 0. The van der Waals surface area contributed by atoms with Gasteiger partial charge in [-0.2, -0.15) is 19.9 Å². The van der Waals surface area contributed by atoms with E-state index in [0.717, 1.165) is 65.9 Å². The van der Waals surface area contributed by atoms with Crippen LogP contribution in [0.15, 0.2) is 218 Å². The molecule has 4 aromatic heterocycles. The molecule has 0 aliphatic heterocycles. The quantitative estimate of drug-likeness (QED) is 0.165. The molecular weight excluding hydrogens is 857 g/mol. The van der Waals surface area contributed by atoms with Crippen molar-refractivity contribution in [3.8, 4) is 57.4 Å². The van der Waals surface area contributed by atoms with Gasteiger partial charge in [0.1, 0.15) is 0 Å². The Bertz CT molecular complexity index is 3890. The van der Waals surface area contributed by atoms with Crippen LogP contribution in [0.2, 0.25) is 0 Å². The van der Waals surface area contributed by atoms with Crippen molar-refractivity contribution < 1.29 is 0 Å². The average Bonchev–Trinajstić information content (AvgIpc) is 3.96. The van der Waals surface area contributed by atoms with Gasteiger partial charge in [-0.05, 0) is 69.8 Å². The molecule has 13 aromatic rings. The van der Waals surface area contributed by atoms with Crippen molar-refractivity contribution in [1.29, 1.82) is 0 Å². The van der Waals surface area contributed by atoms with Gasteiger partial charge in [-0.1, -0.05) is 182 Å². The van der Waals surface area contributed by atoms with E-state index in [9.17, 15) is 0 Å². The Kier molecular flexibility index (Phi) is 8.32. The lowest BCUT2D eigenvalue weighted by molar-refractivity contribution is 0.754. The molecule has 0 N–H and O–H groups in total. The highest BCUT2D eigenvalue weighted by molar-refractivity contribution is 6.10. The number of nitrogens with zero attached hydrogens (tertiary/aromatic N) is 8. The normalized spacial score (nSPS) is 14.6. The van der Waals surface area contributed by atoms with Crippen LogP contribution in [0.5, 0.6) is 0 Å². The molecule has 9 aromatic carbocycles. The second kappa shape index (κ2) is 15.1. The predicted octanol–water partition coefficient (Wildman–Crippen LogP) is 13.9. The van der Waals surface area contributed by atoms with Gasteiger partial charge in [-0.25, -0.2) is 9.97 Å². The summed E-state index contributed by atoms with van der Waals surface area (Å²) in [7, 11) is 0. The number of hydrogen-bond acceptors (Lipinski definition) is 6. The molecule has 0 radical (unpaired) electrons. The number of para-hydroxylation sites is 4. The van der Waals surface area contributed by atoms with Crippen molar-refractivity contribution in [1.82, 2.24) is 39.0 Å². The summed E-state index contributed by atoms with van der Waals surface area (Å²) in [4.78, 5) is 31.5. The molecule has 0 saturated heterocycles. The van der Waals surface area contributed by atoms with Crippen molar-refractivity contribution in [2.45, 2.75) is 11.8 Å². The number of aromatic nitrogens is 8. The Morgan fingerprint density at radius 2 is 0.543 bits per heavy atom. The molecule has 3 aliphatic rings. The van der Waals surface area contributed by atoms with Crippen LogP contribution >= 0.6 is 0 Å². The highest BCUT2D eigenvalue weighted by atomic mass is 15.2. The van der Waals surface area contributed by atoms with Gasteiger partial charge in [0.05, 0.1) is 22.1 Å². The number of rotatable bonds is 6. The van der Waals surface area contributed by atoms with Crippen LogP contribution in [0.3, 0.4) is 0 Å². The molecule has 0 saturated carbocycles. The van der Waals surface area contributed by atoms with E-state index in [0.29, 0.717) is 35.2 Å². The van der Waals surface area contributed by atoms with Crippen molar-refractivity contribution >= 4 is 43.6 Å². The molecule has 3 aliphatic carbocycles. The Labute approximate surface area is 401 Å². The molecule has 2 bridgehead atoms. The standard InChI is InChI=1S/C62H38N8/c1-3-17-37(18-4-1)57-63-59(67-61(65-57)69-51-27-13-9-21-41(51)42-22-10-14-28-52(42)69)39-31-33-47-49(35-39)55-45-25-7-8-26-46(45)56(47)50-36-40(32-34-48(50)55)60-64-58(38-19-5-2-6-20-38)66-62(68-60)70-53-29-15-11-23-43(53)44-24-12-16-30-54(44)70/h1-36,55-56H. The second-order valence-electron chi connectivity index (χ2n) is 18.2. The number of benzene rings is 9. The van der Waals surface area contributed by atoms with Gasteiger partial charge in [0.15, 0.2) is 23.3 Å². The molecular formula is C62H38N8. The largest absolute Gasteiger partial charge is 0.278 e. The zero-order valence-corrected chi connectivity index (χ0v) is 37.5. The van der Waals surface area contributed by atoms with Crippen LogP contribution in [0.4, 0.5) is 0 Å². The predicted molar refractivity (Wildman–Crippen MR) is 278 cm³/mol. The lowest BCUT2D eigenvalue weighted by Gasteiger charge is -2.42. The van der Waals surface area contributed by atoms with E-state index in [1.54, 1.807) is 0 Å². The zero-order valence-electron chi connectivity index (χ0n) is 37.5. The molecule has 8 heteroatoms. The first-order valence-corrected chi connectivity index (χ1v) is 23.7. The van der Waals surface area contributed by atoms with E-state index in [-0.39, 0.29) is 11.8 Å². The van der Waals surface area contributed by atoms with Crippen LogP contribution in [0, 0.1) is 0 Å². The van der Waals surface area contributed by atoms with E-state index in [2.05, 4.69) is 191 Å². The topological polar surface area (TPSA) is 87.2 Å². The van der Waals surface area contributed by atoms with Crippen LogP contribution in [0.1, 0.15) is 45.2 Å². The SMILES string of the molecule is c1ccc(-c2nc(-c3ccc4c(c3)C3c5ccccc5C4c4cc(-c5nc(-c6ccccc6)nc(-n6c7ccccc7c7ccccc76)n5)ccc43)nc(-n3c4ccccc4c4ccccc43)n2)cc1. The van der Waals surface area contributed by atoms with Gasteiger partial charge in [-0.3, -0.25) is 9.13 Å². The fraction of sp³-hybridized carbons (Fsp3) is 0.0323. The smallest absolute Gasteiger partial charge is 0.238 e. The fourth-order valence-electron chi connectivity index (χ4n) is 11.4. The first-order valence-electron chi connectivity index (χ1n) is 23.7. The minimum Gasteiger partial charge on any atom is -0.278 e.